The lowest BCUT2D eigenvalue weighted by atomic mass is 10.2. The van der Waals surface area contributed by atoms with Crippen molar-refractivity contribution in [2.75, 3.05) is 7.11 Å². The van der Waals surface area contributed by atoms with Crippen LogP contribution in [-0.4, -0.2) is 18.2 Å². The van der Waals surface area contributed by atoms with Gasteiger partial charge in [0.2, 0.25) is 0 Å². The first-order valence-corrected chi connectivity index (χ1v) is 4.59. The van der Waals surface area contributed by atoms with E-state index in [1.54, 1.807) is 19.4 Å². The van der Waals surface area contributed by atoms with Crippen molar-refractivity contribution in [3.63, 3.8) is 0 Å². The molecule has 0 unspecified atom stereocenters. The summed E-state index contributed by atoms with van der Waals surface area (Å²) in [5.74, 6) is -0.805. The summed E-state index contributed by atoms with van der Waals surface area (Å²) >= 11 is 1.50. The van der Waals surface area contributed by atoms with Crippen LogP contribution in [0.25, 0.3) is 6.08 Å². The quantitative estimate of drug-likeness (QED) is 0.752. The molecule has 1 aromatic rings. The Labute approximate surface area is 80.3 Å². The van der Waals surface area contributed by atoms with Gasteiger partial charge >= 0.3 is 5.97 Å². The molecule has 0 saturated carbocycles. The molecule has 70 valence electrons. The van der Waals surface area contributed by atoms with Gasteiger partial charge in [-0.15, -0.1) is 11.3 Å². The normalized spacial score (nSPS) is 10.5. The van der Waals surface area contributed by atoms with E-state index < -0.39 is 5.97 Å². The van der Waals surface area contributed by atoms with Crippen molar-refractivity contribution >= 4 is 23.4 Å². The zero-order valence-electron chi connectivity index (χ0n) is 7.19. The number of hydrogen-bond acceptors (Lipinski definition) is 3. The molecule has 1 N–H and O–H groups in total. The number of methoxy groups -OCH3 is 1. The Hall–Kier alpha value is -1.29. The number of carboxylic acids is 1. The molecule has 1 rings (SSSR count). The molecule has 1 heterocycles. The van der Waals surface area contributed by atoms with Crippen LogP contribution in [0, 0.1) is 0 Å². The fraction of sp³-hybridized carbons (Fsp3) is 0.222. The van der Waals surface area contributed by atoms with Gasteiger partial charge in [0.25, 0.3) is 0 Å². The van der Waals surface area contributed by atoms with Gasteiger partial charge in [-0.25, -0.2) is 0 Å². The lowest BCUT2D eigenvalue weighted by molar-refractivity contribution is -0.136. The average molecular weight is 198 g/mol. The summed E-state index contributed by atoms with van der Waals surface area (Å²) in [6.07, 6.45) is 3.45. The van der Waals surface area contributed by atoms with E-state index in [1.807, 2.05) is 11.4 Å². The van der Waals surface area contributed by atoms with E-state index in [4.69, 9.17) is 9.84 Å². The Morgan fingerprint density at radius 3 is 3.15 bits per heavy atom. The molecule has 0 aliphatic rings. The molecule has 3 nitrogen and oxygen atoms in total. The SMILES string of the molecule is COC=Cc1cc(CC(=O)O)cs1. The van der Waals surface area contributed by atoms with Gasteiger partial charge in [0.15, 0.2) is 0 Å². The molecule has 0 aliphatic heterocycles. The lowest BCUT2D eigenvalue weighted by Crippen LogP contribution is -1.97. The second-order valence-corrected chi connectivity index (χ2v) is 3.41. The van der Waals surface area contributed by atoms with Gasteiger partial charge in [-0.05, 0) is 23.1 Å². The van der Waals surface area contributed by atoms with Gasteiger partial charge in [-0.1, -0.05) is 0 Å². The highest BCUT2D eigenvalue weighted by molar-refractivity contribution is 7.11. The van der Waals surface area contributed by atoms with Crippen LogP contribution in [0.15, 0.2) is 17.7 Å². The topological polar surface area (TPSA) is 46.5 Å². The van der Waals surface area contributed by atoms with Crippen LogP contribution in [0.5, 0.6) is 0 Å². The van der Waals surface area contributed by atoms with Gasteiger partial charge < -0.3 is 9.84 Å². The van der Waals surface area contributed by atoms with Crippen LogP contribution in [0.4, 0.5) is 0 Å². The van der Waals surface area contributed by atoms with E-state index in [2.05, 4.69) is 0 Å². The summed E-state index contributed by atoms with van der Waals surface area (Å²) in [6, 6.07) is 1.84. The summed E-state index contributed by atoms with van der Waals surface area (Å²) in [7, 11) is 1.57. The fourth-order valence-corrected chi connectivity index (χ4v) is 1.68. The molecule has 1 aromatic heterocycles. The predicted octanol–water partition coefficient (Wildman–Crippen LogP) is 1.99. The van der Waals surface area contributed by atoms with Crippen molar-refractivity contribution in [2.45, 2.75) is 6.42 Å². The van der Waals surface area contributed by atoms with E-state index in [9.17, 15) is 4.79 Å². The van der Waals surface area contributed by atoms with Crippen molar-refractivity contribution in [3.8, 4) is 0 Å². The Morgan fingerprint density at radius 1 is 1.77 bits per heavy atom. The monoisotopic (exact) mass is 198 g/mol. The summed E-state index contributed by atoms with van der Waals surface area (Å²) in [5.41, 5.74) is 0.827. The molecule has 0 aliphatic carbocycles. The Bertz CT molecular complexity index is 314. The van der Waals surface area contributed by atoms with E-state index in [-0.39, 0.29) is 6.42 Å². The maximum Gasteiger partial charge on any atom is 0.307 e. The molecular formula is C9H10O3S. The van der Waals surface area contributed by atoms with Gasteiger partial charge in [0.05, 0.1) is 19.8 Å². The first-order chi connectivity index (χ1) is 6.22. The van der Waals surface area contributed by atoms with Crippen LogP contribution in [0.3, 0.4) is 0 Å². The standard InChI is InChI=1S/C9H10O3S/c1-12-3-2-8-4-7(6-13-8)5-9(10)11/h2-4,6H,5H2,1H3,(H,10,11). The number of ether oxygens (including phenoxy) is 1. The molecular weight excluding hydrogens is 188 g/mol. The first kappa shape index (κ1) is 9.80. The van der Waals surface area contributed by atoms with E-state index in [1.165, 1.54) is 11.3 Å². The van der Waals surface area contributed by atoms with Crippen LogP contribution in [0.2, 0.25) is 0 Å². The van der Waals surface area contributed by atoms with E-state index in [0.717, 1.165) is 10.4 Å². The predicted molar refractivity (Wildman–Crippen MR) is 51.7 cm³/mol. The highest BCUT2D eigenvalue weighted by atomic mass is 32.1. The molecule has 13 heavy (non-hydrogen) atoms. The highest BCUT2D eigenvalue weighted by Gasteiger charge is 2.01. The zero-order valence-corrected chi connectivity index (χ0v) is 8.00. The summed E-state index contributed by atoms with van der Waals surface area (Å²) < 4.78 is 4.75. The van der Waals surface area contributed by atoms with Crippen LogP contribution < -0.4 is 0 Å². The Morgan fingerprint density at radius 2 is 2.54 bits per heavy atom. The van der Waals surface area contributed by atoms with Crippen molar-refractivity contribution in [2.24, 2.45) is 0 Å². The fourth-order valence-electron chi connectivity index (χ4n) is 0.884. The zero-order chi connectivity index (χ0) is 9.68. The third-order valence-corrected chi connectivity index (χ3v) is 2.34. The van der Waals surface area contributed by atoms with Crippen LogP contribution >= 0.6 is 11.3 Å². The number of rotatable bonds is 4. The molecule has 0 aromatic carbocycles. The maximum absolute atomic E-state index is 10.4. The van der Waals surface area contributed by atoms with Crippen LogP contribution in [-0.2, 0) is 16.0 Å². The van der Waals surface area contributed by atoms with Crippen molar-refractivity contribution < 1.29 is 14.6 Å². The molecule has 0 amide bonds. The van der Waals surface area contributed by atoms with Crippen LogP contribution in [0.1, 0.15) is 10.4 Å². The summed E-state index contributed by atoms with van der Waals surface area (Å²) in [4.78, 5) is 11.4. The maximum atomic E-state index is 10.4. The van der Waals surface area contributed by atoms with Gasteiger partial charge in [0.1, 0.15) is 0 Å². The van der Waals surface area contributed by atoms with E-state index in [0.29, 0.717) is 0 Å². The average Bonchev–Trinajstić information content (AvgIpc) is 2.48. The second-order valence-electron chi connectivity index (χ2n) is 2.47. The second kappa shape index (κ2) is 4.67. The molecule has 0 atom stereocenters. The highest BCUT2D eigenvalue weighted by Crippen LogP contribution is 2.16. The molecule has 0 saturated heterocycles. The molecule has 4 heteroatoms. The Balaban J connectivity index is 2.63. The minimum Gasteiger partial charge on any atom is -0.504 e. The Kier molecular flexibility index (Phi) is 3.52. The largest absolute Gasteiger partial charge is 0.504 e. The number of thiophene rings is 1. The number of carboxylic acid groups (broad SMARTS) is 1. The molecule has 0 bridgehead atoms. The minimum absolute atomic E-state index is 0.0807. The van der Waals surface area contributed by atoms with Crippen molar-refractivity contribution in [1.82, 2.24) is 0 Å². The number of aliphatic carboxylic acids is 1. The number of carbonyl (C=O) groups is 1. The number of hydrogen-bond donors (Lipinski definition) is 1. The first-order valence-electron chi connectivity index (χ1n) is 3.71. The van der Waals surface area contributed by atoms with Gasteiger partial charge in [-0.3, -0.25) is 4.79 Å². The minimum atomic E-state index is -0.805. The van der Waals surface area contributed by atoms with Gasteiger partial charge in [-0.2, -0.15) is 0 Å². The van der Waals surface area contributed by atoms with E-state index >= 15 is 0 Å². The summed E-state index contributed by atoms with van der Waals surface area (Å²) in [5, 5.41) is 10.4. The third kappa shape index (κ3) is 3.29. The van der Waals surface area contributed by atoms with Crippen molar-refractivity contribution in [1.29, 1.82) is 0 Å². The van der Waals surface area contributed by atoms with Crippen molar-refractivity contribution in [3.05, 3.63) is 28.1 Å². The molecule has 0 fully saturated rings. The smallest absolute Gasteiger partial charge is 0.307 e. The molecule has 0 spiro atoms. The molecule has 0 radical (unpaired) electrons. The summed E-state index contributed by atoms with van der Waals surface area (Å²) in [6.45, 7) is 0. The third-order valence-electron chi connectivity index (χ3n) is 1.40. The van der Waals surface area contributed by atoms with Gasteiger partial charge in [0, 0.05) is 4.88 Å². The lowest BCUT2D eigenvalue weighted by Gasteiger charge is -1.87.